The zero-order valence-electron chi connectivity index (χ0n) is 19.6. The Balaban J connectivity index is 1.48. The number of carbonyl (C=O) groups is 2. The fourth-order valence-corrected chi connectivity index (χ4v) is 4.83. The number of nitrogens with one attached hydrogen (secondary N) is 2. The van der Waals surface area contributed by atoms with Crippen molar-refractivity contribution in [1.82, 2.24) is 4.98 Å². The van der Waals surface area contributed by atoms with Gasteiger partial charge < -0.3 is 10.3 Å². The molecule has 35 heavy (non-hydrogen) atoms. The number of anilines is 1. The average Bonchev–Trinajstić information content (AvgIpc) is 3.36. The lowest BCUT2D eigenvalue weighted by Crippen LogP contribution is -2.11. The minimum atomic E-state index is -0.291. The van der Waals surface area contributed by atoms with Crippen molar-refractivity contribution < 1.29 is 23.8 Å². The van der Waals surface area contributed by atoms with Gasteiger partial charge in [-0.25, -0.2) is 14.2 Å². The molecule has 2 heterocycles. The van der Waals surface area contributed by atoms with Gasteiger partial charge in [-0.05, 0) is 73.6 Å². The van der Waals surface area contributed by atoms with Crippen LogP contribution in [0.25, 0.3) is 22.8 Å². The van der Waals surface area contributed by atoms with Gasteiger partial charge in [0.1, 0.15) is 5.82 Å². The number of aromatic nitrogens is 1. The molecule has 0 atom stereocenters. The number of H-pyrrole nitrogens is 1. The van der Waals surface area contributed by atoms with Gasteiger partial charge in [-0.1, -0.05) is 24.3 Å². The minimum Gasteiger partial charge on any atom is -0.358 e. The number of hydrogen-bond acceptors (Lipinski definition) is 4. The number of rotatable bonds is 8. The van der Waals surface area contributed by atoms with Crippen LogP contribution in [0, 0.1) is 5.82 Å². The maximum absolute atomic E-state index is 13.3. The fourth-order valence-electron chi connectivity index (χ4n) is 4.83. The Morgan fingerprint density at radius 3 is 2.63 bits per heavy atom. The second-order valence-corrected chi connectivity index (χ2v) is 8.76. The quantitative estimate of drug-likeness (QED) is 0.189. The summed E-state index contributed by atoms with van der Waals surface area (Å²) in [5.41, 5.74) is 7.25. The Morgan fingerprint density at radius 2 is 1.83 bits per heavy atom. The molecular weight excluding hydrogens is 447 g/mol. The molecule has 0 radical (unpaired) electrons. The summed E-state index contributed by atoms with van der Waals surface area (Å²) in [5, 5.41) is 2.95. The molecule has 1 aliphatic heterocycles. The Bertz CT molecular complexity index is 1310. The number of fused-ring (bicyclic) bond motifs is 2. The molecule has 0 unspecified atom stereocenters. The zero-order chi connectivity index (χ0) is 24.4. The van der Waals surface area contributed by atoms with E-state index in [1.54, 1.807) is 12.1 Å². The van der Waals surface area contributed by atoms with Crippen LogP contribution in [0.2, 0.25) is 0 Å². The first-order valence-electron chi connectivity index (χ1n) is 12.0. The Morgan fingerprint density at radius 1 is 1.03 bits per heavy atom. The summed E-state index contributed by atoms with van der Waals surface area (Å²) in [5.74, 6) is -0.338. The van der Waals surface area contributed by atoms with Crippen molar-refractivity contribution in [3.8, 4) is 11.1 Å². The third kappa shape index (κ3) is 4.70. The van der Waals surface area contributed by atoms with Gasteiger partial charge in [-0.3, -0.25) is 9.59 Å². The molecule has 2 aromatic carbocycles. The minimum absolute atomic E-state index is 0.146. The van der Waals surface area contributed by atoms with E-state index in [-0.39, 0.29) is 17.5 Å². The van der Waals surface area contributed by atoms with E-state index in [0.29, 0.717) is 43.7 Å². The highest BCUT2D eigenvalue weighted by atomic mass is 19.1. The molecule has 3 aromatic rings. The number of aryl methyl sites for hydroxylation is 1. The van der Waals surface area contributed by atoms with E-state index < -0.39 is 0 Å². The average molecular weight is 475 g/mol. The molecule has 180 valence electrons. The SMILES string of the molecule is CCOOCCCc1c(/C=C2\C(=O)Nc3cc(-c4ccc(F)cc4)ccc32)[nH]c2c1C(=O)CCC2. The first kappa shape index (κ1) is 23.2. The number of benzene rings is 2. The number of halogens is 1. The number of ketones is 1. The predicted molar refractivity (Wildman–Crippen MR) is 132 cm³/mol. The first-order valence-corrected chi connectivity index (χ1v) is 12.0. The molecule has 0 spiro atoms. The van der Waals surface area contributed by atoms with Crippen LogP contribution in [0.1, 0.15) is 59.1 Å². The molecule has 0 saturated heterocycles. The van der Waals surface area contributed by atoms with E-state index in [1.165, 1.54) is 12.1 Å². The van der Waals surface area contributed by atoms with Gasteiger partial charge in [0.15, 0.2) is 5.78 Å². The summed E-state index contributed by atoms with van der Waals surface area (Å²) < 4.78 is 13.3. The van der Waals surface area contributed by atoms with E-state index in [4.69, 9.17) is 9.78 Å². The molecule has 1 aromatic heterocycles. The topological polar surface area (TPSA) is 80.4 Å². The van der Waals surface area contributed by atoms with E-state index >= 15 is 0 Å². The van der Waals surface area contributed by atoms with Crippen molar-refractivity contribution in [2.75, 3.05) is 18.5 Å². The van der Waals surface area contributed by atoms with Gasteiger partial charge in [-0.2, -0.15) is 0 Å². The number of carbonyl (C=O) groups excluding carboxylic acids is 2. The monoisotopic (exact) mass is 474 g/mol. The summed E-state index contributed by atoms with van der Waals surface area (Å²) in [4.78, 5) is 39.2. The highest BCUT2D eigenvalue weighted by molar-refractivity contribution is 6.35. The Kier molecular flexibility index (Phi) is 6.61. The molecule has 0 fully saturated rings. The van der Waals surface area contributed by atoms with Crippen LogP contribution in [-0.4, -0.2) is 29.9 Å². The summed E-state index contributed by atoms with van der Waals surface area (Å²) >= 11 is 0. The van der Waals surface area contributed by atoms with Crippen molar-refractivity contribution in [2.45, 2.75) is 39.0 Å². The lowest BCUT2D eigenvalue weighted by atomic mass is 9.91. The van der Waals surface area contributed by atoms with Gasteiger partial charge in [0, 0.05) is 34.6 Å². The normalized spacial score (nSPS) is 15.9. The van der Waals surface area contributed by atoms with E-state index in [9.17, 15) is 14.0 Å². The van der Waals surface area contributed by atoms with Crippen molar-refractivity contribution in [3.63, 3.8) is 0 Å². The standard InChI is InChI=1S/C28H27FN2O4/c1-2-34-35-14-4-5-21-25(30-23-6-3-7-26(32)27(21)23)16-22-20-13-10-18(15-24(20)31-28(22)33)17-8-11-19(29)12-9-17/h8-13,15-16,30H,2-7,14H2,1H3,(H,31,33)/b22-16-. The van der Waals surface area contributed by atoms with Crippen LogP contribution < -0.4 is 5.32 Å². The number of amides is 1. The highest BCUT2D eigenvalue weighted by Crippen LogP contribution is 2.38. The molecule has 1 aliphatic carbocycles. The van der Waals surface area contributed by atoms with Gasteiger partial charge in [0.2, 0.25) is 0 Å². The second-order valence-electron chi connectivity index (χ2n) is 8.76. The van der Waals surface area contributed by atoms with Gasteiger partial charge in [0.25, 0.3) is 5.91 Å². The van der Waals surface area contributed by atoms with Gasteiger partial charge >= 0.3 is 0 Å². The maximum atomic E-state index is 13.3. The van der Waals surface area contributed by atoms with Crippen molar-refractivity contribution in [1.29, 1.82) is 0 Å². The van der Waals surface area contributed by atoms with E-state index in [0.717, 1.165) is 52.0 Å². The highest BCUT2D eigenvalue weighted by Gasteiger charge is 2.28. The summed E-state index contributed by atoms with van der Waals surface area (Å²) in [6.07, 6.45) is 5.36. The Labute approximate surface area is 203 Å². The third-order valence-electron chi connectivity index (χ3n) is 6.45. The maximum Gasteiger partial charge on any atom is 0.256 e. The molecule has 6 nitrogen and oxygen atoms in total. The molecule has 0 saturated carbocycles. The predicted octanol–water partition coefficient (Wildman–Crippen LogP) is 5.73. The molecule has 1 amide bonds. The lowest BCUT2D eigenvalue weighted by Gasteiger charge is -2.11. The van der Waals surface area contributed by atoms with E-state index in [1.807, 2.05) is 31.2 Å². The fraction of sp³-hybridized carbons (Fsp3) is 0.286. The summed E-state index contributed by atoms with van der Waals surface area (Å²) in [7, 11) is 0. The zero-order valence-corrected chi connectivity index (χ0v) is 19.6. The smallest absolute Gasteiger partial charge is 0.256 e. The molecule has 5 rings (SSSR count). The number of Topliss-reactive ketones (excluding diaryl/α,β-unsaturated/α-hetero) is 1. The first-order chi connectivity index (χ1) is 17.0. The van der Waals surface area contributed by atoms with Crippen LogP contribution in [-0.2, 0) is 27.4 Å². The van der Waals surface area contributed by atoms with Crippen molar-refractivity contribution in [3.05, 3.63) is 76.4 Å². The Hall–Kier alpha value is -3.55. The van der Waals surface area contributed by atoms with E-state index in [2.05, 4.69) is 10.3 Å². The van der Waals surface area contributed by atoms with Crippen LogP contribution in [0.3, 0.4) is 0 Å². The molecule has 7 heteroatoms. The summed E-state index contributed by atoms with van der Waals surface area (Å²) in [6.45, 7) is 2.76. The number of aromatic amines is 1. The van der Waals surface area contributed by atoms with Crippen molar-refractivity contribution in [2.24, 2.45) is 0 Å². The molecule has 2 aliphatic rings. The number of hydrogen-bond donors (Lipinski definition) is 2. The second kappa shape index (κ2) is 9.98. The molecule has 0 bridgehead atoms. The van der Waals surface area contributed by atoms with Crippen LogP contribution in [0.15, 0.2) is 42.5 Å². The lowest BCUT2D eigenvalue weighted by molar-refractivity contribution is -0.291. The largest absolute Gasteiger partial charge is 0.358 e. The molecular formula is C28H27FN2O4. The molecule has 2 N–H and O–H groups in total. The third-order valence-corrected chi connectivity index (χ3v) is 6.45. The van der Waals surface area contributed by atoms with Gasteiger partial charge in [0.05, 0.1) is 18.8 Å². The van der Waals surface area contributed by atoms with Crippen LogP contribution in [0.4, 0.5) is 10.1 Å². The van der Waals surface area contributed by atoms with Crippen LogP contribution in [0.5, 0.6) is 0 Å². The van der Waals surface area contributed by atoms with Gasteiger partial charge in [-0.15, -0.1) is 0 Å². The van der Waals surface area contributed by atoms with Crippen LogP contribution >= 0.6 is 0 Å². The summed E-state index contributed by atoms with van der Waals surface area (Å²) in [6, 6.07) is 12.0. The van der Waals surface area contributed by atoms with Crippen molar-refractivity contribution >= 4 is 29.0 Å².